The molecule has 4 saturated carbocycles. The van der Waals surface area contributed by atoms with Gasteiger partial charge in [0.05, 0.1) is 13.2 Å². The van der Waals surface area contributed by atoms with Crippen molar-refractivity contribution in [3.63, 3.8) is 0 Å². The summed E-state index contributed by atoms with van der Waals surface area (Å²) < 4.78 is 10.4. The monoisotopic (exact) mass is 502 g/mol. The summed E-state index contributed by atoms with van der Waals surface area (Å²) in [5, 5.41) is 25.7. The molecule has 4 rings (SSSR count). The Morgan fingerprint density at radius 2 is 1.08 bits per heavy atom. The lowest BCUT2D eigenvalue weighted by atomic mass is 9.31. The number of carboxylic acid groups (broad SMARTS) is 2. The fraction of sp³-hybridized carbons (Fsp3) is 0.714. The summed E-state index contributed by atoms with van der Waals surface area (Å²) in [6.07, 6.45) is 5.27. The number of ether oxygens (including phenoxy) is 2. The van der Waals surface area contributed by atoms with Gasteiger partial charge in [0, 0.05) is 33.9 Å². The zero-order valence-corrected chi connectivity index (χ0v) is 21.5. The number of rotatable bonds is 14. The van der Waals surface area contributed by atoms with Crippen LogP contribution in [0, 0.1) is 28.1 Å². The van der Waals surface area contributed by atoms with E-state index in [2.05, 4.69) is 13.2 Å². The first-order chi connectivity index (χ1) is 16.9. The molecule has 0 atom stereocenters. The molecule has 0 radical (unpaired) electrons. The molecule has 4 fully saturated rings. The third-order valence-corrected chi connectivity index (χ3v) is 8.99. The number of unbranched alkanes of at least 4 members (excludes halogenated alkanes) is 2. The highest BCUT2D eigenvalue weighted by Gasteiger charge is 2.71. The van der Waals surface area contributed by atoms with Crippen molar-refractivity contribution >= 4 is 23.9 Å². The maximum Gasteiger partial charge on any atom is 0.333 e. The lowest BCUT2D eigenvalue weighted by molar-refractivity contribution is -0.368. The van der Waals surface area contributed by atoms with Gasteiger partial charge in [-0.3, -0.25) is 0 Å². The Kier molecular flexibility index (Phi) is 8.36. The maximum atomic E-state index is 12.9. The molecule has 4 aliphatic rings. The summed E-state index contributed by atoms with van der Waals surface area (Å²) in [4.78, 5) is 49.1. The van der Waals surface area contributed by atoms with E-state index in [0.29, 0.717) is 75.4 Å². The Bertz CT molecular complexity index is 846. The number of carboxylic acids is 2. The molecule has 0 N–H and O–H groups in total. The largest absolute Gasteiger partial charge is 0.550 e. The summed E-state index contributed by atoms with van der Waals surface area (Å²) in [5.41, 5.74) is -2.92. The van der Waals surface area contributed by atoms with Crippen LogP contribution in [-0.2, 0) is 28.7 Å². The van der Waals surface area contributed by atoms with Crippen LogP contribution >= 0.6 is 0 Å². The van der Waals surface area contributed by atoms with Crippen LogP contribution < -0.4 is 10.2 Å². The molecular formula is C28H38O8-2. The summed E-state index contributed by atoms with van der Waals surface area (Å²) in [5.74, 6) is -3.22. The first-order valence-electron chi connectivity index (χ1n) is 13.0. The molecule has 0 aromatic carbocycles. The lowest BCUT2D eigenvalue weighted by Gasteiger charge is -2.74. The van der Waals surface area contributed by atoms with Gasteiger partial charge in [-0.05, 0) is 102 Å². The minimum atomic E-state index is -1.24. The topological polar surface area (TPSA) is 133 Å². The van der Waals surface area contributed by atoms with Crippen molar-refractivity contribution in [2.45, 2.75) is 84.5 Å². The van der Waals surface area contributed by atoms with Gasteiger partial charge in [-0.25, -0.2) is 9.59 Å². The third kappa shape index (κ3) is 4.83. The fourth-order valence-corrected chi connectivity index (χ4v) is 7.77. The van der Waals surface area contributed by atoms with Gasteiger partial charge in [-0.2, -0.15) is 0 Å². The predicted octanol–water partition coefficient (Wildman–Crippen LogP) is 2.25. The number of carbonyl (C=O) groups excluding carboxylic acids is 4. The Labute approximate surface area is 213 Å². The molecule has 0 amide bonds. The normalized spacial score (nSPS) is 29.4. The van der Waals surface area contributed by atoms with Gasteiger partial charge < -0.3 is 29.3 Å². The summed E-state index contributed by atoms with van der Waals surface area (Å²) in [7, 11) is 0. The van der Waals surface area contributed by atoms with E-state index >= 15 is 0 Å². The van der Waals surface area contributed by atoms with Crippen molar-refractivity contribution in [3.05, 3.63) is 24.3 Å². The van der Waals surface area contributed by atoms with E-state index in [-0.39, 0.29) is 25.0 Å². The Morgan fingerprint density at radius 1 is 0.722 bits per heavy atom. The van der Waals surface area contributed by atoms with Crippen LogP contribution in [-0.4, -0.2) is 37.1 Å². The van der Waals surface area contributed by atoms with Gasteiger partial charge >= 0.3 is 11.9 Å². The molecule has 0 heterocycles. The van der Waals surface area contributed by atoms with Gasteiger partial charge in [0.1, 0.15) is 0 Å². The van der Waals surface area contributed by atoms with Crippen molar-refractivity contribution < 1.29 is 38.9 Å². The number of aliphatic carboxylic acids is 2. The average Bonchev–Trinajstić information content (AvgIpc) is 2.79. The molecule has 0 aromatic heterocycles. The number of esters is 2. The van der Waals surface area contributed by atoms with E-state index < -0.39 is 40.1 Å². The van der Waals surface area contributed by atoms with E-state index in [1.807, 2.05) is 0 Å². The van der Waals surface area contributed by atoms with Gasteiger partial charge in [0.25, 0.3) is 0 Å². The zero-order valence-electron chi connectivity index (χ0n) is 21.5. The van der Waals surface area contributed by atoms with E-state index in [0.717, 1.165) is 6.42 Å². The highest BCUT2D eigenvalue weighted by molar-refractivity contribution is 5.87. The molecule has 8 nitrogen and oxygen atoms in total. The molecule has 36 heavy (non-hydrogen) atoms. The van der Waals surface area contributed by atoms with E-state index in [1.54, 1.807) is 13.8 Å². The van der Waals surface area contributed by atoms with Gasteiger partial charge in [-0.1, -0.05) is 13.2 Å². The fourth-order valence-electron chi connectivity index (χ4n) is 7.77. The van der Waals surface area contributed by atoms with Crippen LogP contribution in [0.2, 0.25) is 0 Å². The Hall–Kier alpha value is -2.64. The van der Waals surface area contributed by atoms with Gasteiger partial charge in [0.2, 0.25) is 0 Å². The van der Waals surface area contributed by atoms with Crippen LogP contribution in [0.5, 0.6) is 0 Å². The maximum absolute atomic E-state index is 12.9. The SMILES string of the molecule is C=C(C)C(=O)OCCCCC1(CCCCOC(=O)C(=C)C)C2(C(=O)[O-])CC3CC(C2)CC1(C(=O)[O-])C3. The van der Waals surface area contributed by atoms with Crippen LogP contribution in [0.25, 0.3) is 0 Å². The second kappa shape index (κ2) is 10.8. The minimum absolute atomic E-state index is 0.0365. The van der Waals surface area contributed by atoms with Gasteiger partial charge in [0.15, 0.2) is 0 Å². The molecule has 0 spiro atoms. The van der Waals surface area contributed by atoms with E-state index in [4.69, 9.17) is 9.47 Å². The van der Waals surface area contributed by atoms with Crippen LogP contribution in [0.4, 0.5) is 0 Å². The van der Waals surface area contributed by atoms with Crippen LogP contribution in [0.3, 0.4) is 0 Å². The van der Waals surface area contributed by atoms with Crippen LogP contribution in [0.1, 0.15) is 84.5 Å². The quantitative estimate of drug-likeness (QED) is 0.201. The standard InChI is InChI=1S/C28H40O8/c1-18(2)22(29)35-11-7-5-9-28(10-6-8-12-36-23(30)19(3)4)26(24(31)32)14-20-13-21(16-26)17-27(28,15-20)25(33)34/h20-21H,1,3,5-17H2,2,4H3,(H,31,32)(H,33,34)/p-2. The molecule has 0 unspecified atom stereocenters. The van der Waals surface area contributed by atoms with Gasteiger partial charge in [-0.15, -0.1) is 0 Å². The molecule has 0 aromatic rings. The molecule has 200 valence electrons. The lowest BCUT2D eigenvalue weighted by Crippen LogP contribution is -2.73. The highest BCUT2D eigenvalue weighted by Crippen LogP contribution is 2.76. The molecule has 8 heteroatoms. The summed E-state index contributed by atoms with van der Waals surface area (Å²) in [6, 6.07) is 0. The summed E-state index contributed by atoms with van der Waals surface area (Å²) >= 11 is 0. The zero-order chi connectivity index (χ0) is 26.7. The van der Waals surface area contributed by atoms with Crippen molar-refractivity contribution in [1.29, 1.82) is 0 Å². The second-order valence-electron chi connectivity index (χ2n) is 11.4. The number of hydrogen-bond acceptors (Lipinski definition) is 8. The smallest absolute Gasteiger partial charge is 0.333 e. The molecular weight excluding hydrogens is 464 g/mol. The number of hydrogen-bond donors (Lipinski definition) is 0. The molecule has 4 bridgehead atoms. The van der Waals surface area contributed by atoms with Crippen molar-refractivity contribution in [2.24, 2.45) is 28.1 Å². The number of carbonyl (C=O) groups is 4. The molecule has 0 aliphatic heterocycles. The van der Waals surface area contributed by atoms with Crippen molar-refractivity contribution in [1.82, 2.24) is 0 Å². The van der Waals surface area contributed by atoms with Crippen molar-refractivity contribution in [3.8, 4) is 0 Å². The second-order valence-corrected chi connectivity index (χ2v) is 11.4. The Morgan fingerprint density at radius 3 is 1.39 bits per heavy atom. The highest BCUT2D eigenvalue weighted by atomic mass is 16.5. The Balaban J connectivity index is 1.84. The first kappa shape index (κ1) is 27.9. The minimum Gasteiger partial charge on any atom is -0.550 e. The predicted molar refractivity (Wildman–Crippen MR) is 127 cm³/mol. The summed E-state index contributed by atoms with van der Waals surface area (Å²) in [6.45, 7) is 10.5. The van der Waals surface area contributed by atoms with E-state index in [1.165, 1.54) is 0 Å². The van der Waals surface area contributed by atoms with Crippen molar-refractivity contribution in [2.75, 3.05) is 13.2 Å². The average molecular weight is 503 g/mol. The first-order valence-corrected chi connectivity index (χ1v) is 13.0. The van der Waals surface area contributed by atoms with Crippen LogP contribution in [0.15, 0.2) is 24.3 Å². The third-order valence-electron chi connectivity index (χ3n) is 8.99. The molecule has 4 aliphatic carbocycles. The molecule has 0 saturated heterocycles. The van der Waals surface area contributed by atoms with E-state index in [9.17, 15) is 29.4 Å².